The van der Waals surface area contributed by atoms with Crippen molar-refractivity contribution in [3.8, 4) is 0 Å². The first kappa shape index (κ1) is 20.0. The molecule has 2 nitrogen and oxygen atoms in total. The predicted molar refractivity (Wildman–Crippen MR) is 106 cm³/mol. The number of benzene rings is 3. The van der Waals surface area contributed by atoms with Gasteiger partial charge < -0.3 is 24.0 Å². The lowest BCUT2D eigenvalue weighted by atomic mass is 10.1. The number of nitrogens with zero attached hydrogens (tertiary/aromatic N) is 2. The lowest BCUT2D eigenvalue weighted by Gasteiger charge is -2.05. The monoisotopic (exact) mass is 536 g/mol. The van der Waals surface area contributed by atoms with Gasteiger partial charge in [0.25, 0.3) is 0 Å². The Kier molecular flexibility index (Phi) is 5.95. The zero-order valence-corrected chi connectivity index (χ0v) is 18.8. The van der Waals surface area contributed by atoms with E-state index in [0.717, 1.165) is 16.6 Å². The van der Waals surface area contributed by atoms with Gasteiger partial charge in [-0.15, -0.1) is 0 Å². The lowest BCUT2D eigenvalue weighted by Crippen LogP contribution is -3.00. The summed E-state index contributed by atoms with van der Waals surface area (Å²) in [6, 6.07) is 14.7. The number of hydrogen-bond donors (Lipinski definition) is 0. The van der Waals surface area contributed by atoms with Crippen LogP contribution in [0.3, 0.4) is 0 Å². The van der Waals surface area contributed by atoms with Crippen LogP contribution in [0, 0.1) is 0 Å². The summed E-state index contributed by atoms with van der Waals surface area (Å²) in [6.07, 6.45) is 1.95. The predicted octanol–water partition coefficient (Wildman–Crippen LogP) is 3.28. The van der Waals surface area contributed by atoms with Gasteiger partial charge in [0.2, 0.25) is 6.33 Å². The Balaban J connectivity index is 0.00000196. The largest absolute Gasteiger partial charge is 1.00 e. The van der Waals surface area contributed by atoms with Crippen LogP contribution >= 0.6 is 46.4 Å². The van der Waals surface area contributed by atoms with E-state index in [9.17, 15) is 0 Å². The summed E-state index contributed by atoms with van der Waals surface area (Å²) in [6.45, 7) is 0.649. The number of halogens is 5. The Morgan fingerprint density at radius 2 is 1.50 bits per heavy atom. The number of aromatic nitrogens is 2. The molecular weight excluding hydrogens is 525 g/mol. The van der Waals surface area contributed by atoms with Crippen LogP contribution in [0.1, 0.15) is 5.56 Å². The zero-order chi connectivity index (χ0) is 17.7. The molecule has 134 valence electrons. The third kappa shape index (κ3) is 3.29. The van der Waals surface area contributed by atoms with Gasteiger partial charge in [-0.25, -0.2) is 9.13 Å². The molecule has 0 N–H and O–H groups in total. The number of fused-ring (bicyclic) bond motifs is 2. The second kappa shape index (κ2) is 7.72. The summed E-state index contributed by atoms with van der Waals surface area (Å²) in [7, 11) is 1.91. The number of imidazole rings is 1. The Morgan fingerprint density at radius 3 is 2.23 bits per heavy atom. The van der Waals surface area contributed by atoms with Gasteiger partial charge in [0.1, 0.15) is 16.6 Å². The SMILES string of the molecule is Cn1c[n+](Cc2ccc3ccccc3c2)c2c(Cl)c(Cl)c(Cl)c(Cl)c21.[I-]. The fraction of sp³-hybridized carbons (Fsp3) is 0.105. The molecule has 0 aliphatic carbocycles. The fourth-order valence-corrected chi connectivity index (χ4v) is 4.25. The smallest absolute Gasteiger partial charge is 0.244 e. The maximum Gasteiger partial charge on any atom is 0.244 e. The molecule has 0 spiro atoms. The number of hydrogen-bond acceptors (Lipinski definition) is 0. The van der Waals surface area contributed by atoms with Crippen molar-refractivity contribution in [2.75, 3.05) is 0 Å². The van der Waals surface area contributed by atoms with Crippen LogP contribution in [0.15, 0.2) is 48.8 Å². The molecule has 1 aromatic heterocycles. The van der Waals surface area contributed by atoms with E-state index in [4.69, 9.17) is 46.4 Å². The summed E-state index contributed by atoms with van der Waals surface area (Å²) >= 11 is 25.3. The zero-order valence-electron chi connectivity index (χ0n) is 13.6. The molecule has 0 aliphatic heterocycles. The van der Waals surface area contributed by atoms with Gasteiger partial charge in [0.05, 0.1) is 17.1 Å². The van der Waals surface area contributed by atoms with Crippen molar-refractivity contribution in [1.82, 2.24) is 4.57 Å². The summed E-state index contributed by atoms with van der Waals surface area (Å²) in [5.41, 5.74) is 2.70. The summed E-state index contributed by atoms with van der Waals surface area (Å²) in [5.74, 6) is 0. The highest BCUT2D eigenvalue weighted by atomic mass is 127. The normalized spacial score (nSPS) is 11.1. The second-order valence-electron chi connectivity index (χ2n) is 5.99. The Bertz CT molecular complexity index is 1140. The molecule has 0 unspecified atom stereocenters. The molecular formula is C19H13Cl4IN2. The van der Waals surface area contributed by atoms with Gasteiger partial charge in [-0.3, -0.25) is 0 Å². The van der Waals surface area contributed by atoms with E-state index < -0.39 is 0 Å². The minimum atomic E-state index is 0. The third-order valence-electron chi connectivity index (χ3n) is 4.34. The Labute approximate surface area is 188 Å². The van der Waals surface area contributed by atoms with Crippen LogP contribution in [0.2, 0.25) is 20.1 Å². The van der Waals surface area contributed by atoms with Crippen LogP contribution in [0.4, 0.5) is 0 Å². The van der Waals surface area contributed by atoms with E-state index >= 15 is 0 Å². The van der Waals surface area contributed by atoms with Crippen molar-refractivity contribution in [3.05, 3.63) is 74.4 Å². The van der Waals surface area contributed by atoms with Gasteiger partial charge in [-0.1, -0.05) is 82.8 Å². The van der Waals surface area contributed by atoms with Gasteiger partial charge >= 0.3 is 0 Å². The van der Waals surface area contributed by atoms with Crippen molar-refractivity contribution in [3.63, 3.8) is 0 Å². The molecule has 4 aromatic rings. The second-order valence-corrected chi connectivity index (χ2v) is 7.50. The molecule has 0 saturated heterocycles. The molecule has 0 aliphatic rings. The molecule has 4 rings (SSSR count). The van der Waals surface area contributed by atoms with E-state index in [2.05, 4.69) is 30.3 Å². The molecule has 0 saturated carbocycles. The van der Waals surface area contributed by atoms with Crippen LogP contribution in [-0.4, -0.2) is 4.57 Å². The standard InChI is InChI=1S/C19H13Cl4N2.HI/c1-24-10-25(19-17(23)15(21)14(20)16(22)18(19)24)9-11-6-7-12-4-2-3-5-13(12)8-11;/h2-8,10H,9H2,1H3;1H/q+1;/p-1. The molecule has 26 heavy (non-hydrogen) atoms. The molecule has 0 fully saturated rings. The molecule has 3 aromatic carbocycles. The molecule has 0 amide bonds. The topological polar surface area (TPSA) is 8.81 Å². The van der Waals surface area contributed by atoms with E-state index in [0.29, 0.717) is 16.6 Å². The molecule has 0 radical (unpaired) electrons. The molecule has 0 bridgehead atoms. The van der Waals surface area contributed by atoms with E-state index in [-0.39, 0.29) is 34.0 Å². The molecule has 1 heterocycles. The van der Waals surface area contributed by atoms with Gasteiger partial charge in [0, 0.05) is 0 Å². The average molecular weight is 538 g/mol. The maximum atomic E-state index is 6.47. The fourth-order valence-electron chi connectivity index (χ4n) is 3.17. The van der Waals surface area contributed by atoms with Crippen LogP contribution < -0.4 is 28.5 Å². The van der Waals surface area contributed by atoms with Crippen molar-refractivity contribution in [1.29, 1.82) is 0 Å². The highest BCUT2D eigenvalue weighted by Crippen LogP contribution is 2.41. The first-order chi connectivity index (χ1) is 12.0. The number of rotatable bonds is 2. The van der Waals surface area contributed by atoms with Gasteiger partial charge in [-0.2, -0.15) is 0 Å². The van der Waals surface area contributed by atoms with Crippen molar-refractivity contribution < 1.29 is 28.5 Å². The lowest BCUT2D eigenvalue weighted by molar-refractivity contribution is -0.663. The minimum Gasteiger partial charge on any atom is -1.00 e. The first-order valence-corrected chi connectivity index (χ1v) is 9.16. The summed E-state index contributed by atoms with van der Waals surface area (Å²) in [5, 5.41) is 3.79. The van der Waals surface area contributed by atoms with Crippen molar-refractivity contribution in [2.24, 2.45) is 7.05 Å². The van der Waals surface area contributed by atoms with E-state index in [1.165, 1.54) is 10.8 Å². The Hall–Kier alpha value is -0.720. The van der Waals surface area contributed by atoms with E-state index in [1.54, 1.807) is 0 Å². The molecule has 0 atom stereocenters. The molecule has 7 heteroatoms. The Morgan fingerprint density at radius 1 is 0.846 bits per heavy atom. The third-order valence-corrected chi connectivity index (χ3v) is 6.12. The number of aryl methyl sites for hydroxylation is 1. The summed E-state index contributed by atoms with van der Waals surface area (Å²) < 4.78 is 3.95. The van der Waals surface area contributed by atoms with Gasteiger partial charge in [-0.05, 0) is 22.4 Å². The quantitative estimate of drug-likeness (QED) is 0.161. The van der Waals surface area contributed by atoms with E-state index in [1.807, 2.05) is 34.6 Å². The maximum absolute atomic E-state index is 6.47. The van der Waals surface area contributed by atoms with Crippen molar-refractivity contribution >= 4 is 68.2 Å². The highest BCUT2D eigenvalue weighted by molar-refractivity contribution is 6.54. The van der Waals surface area contributed by atoms with Crippen LogP contribution in [0.5, 0.6) is 0 Å². The minimum absolute atomic E-state index is 0. The van der Waals surface area contributed by atoms with Crippen LogP contribution in [-0.2, 0) is 13.6 Å². The highest BCUT2D eigenvalue weighted by Gasteiger charge is 2.26. The average Bonchev–Trinajstić information content (AvgIpc) is 2.94. The first-order valence-electron chi connectivity index (χ1n) is 7.65. The van der Waals surface area contributed by atoms with Gasteiger partial charge in [0.15, 0.2) is 11.0 Å². The summed E-state index contributed by atoms with van der Waals surface area (Å²) in [4.78, 5) is 0. The van der Waals surface area contributed by atoms with Crippen LogP contribution in [0.25, 0.3) is 21.8 Å². The van der Waals surface area contributed by atoms with Crippen molar-refractivity contribution in [2.45, 2.75) is 6.54 Å².